The van der Waals surface area contributed by atoms with Crippen molar-refractivity contribution < 1.29 is 28.6 Å². The molecule has 0 aromatic heterocycles. The van der Waals surface area contributed by atoms with E-state index in [1.165, 1.54) is 24.3 Å². The average molecular weight is 458 g/mol. The second kappa shape index (κ2) is 10.2. The van der Waals surface area contributed by atoms with Gasteiger partial charge in [-0.2, -0.15) is 0 Å². The molecule has 1 fully saturated rings. The number of carbonyl (C=O) groups excluding carboxylic acids is 2. The van der Waals surface area contributed by atoms with Crippen LogP contribution in [0.3, 0.4) is 0 Å². The number of aliphatic hydroxyl groups excluding tert-OH is 1. The number of anilines is 2. The monoisotopic (exact) mass is 457 g/mol. The van der Waals surface area contributed by atoms with E-state index in [-0.39, 0.29) is 42.9 Å². The van der Waals surface area contributed by atoms with Gasteiger partial charge in [-0.25, -0.2) is 9.18 Å². The highest BCUT2D eigenvalue weighted by Gasteiger charge is 2.46. The number of ether oxygens (including phenoxy) is 2. The topological polar surface area (TPSA) is 109 Å². The first-order chi connectivity index (χ1) is 16.0. The van der Waals surface area contributed by atoms with Crippen LogP contribution in [0, 0.1) is 5.82 Å². The molecule has 176 valence electrons. The van der Waals surface area contributed by atoms with Gasteiger partial charge in [0.15, 0.2) is 0 Å². The first-order valence-electron chi connectivity index (χ1n) is 11.1. The number of hydrogen-bond acceptors (Lipinski definition) is 5. The van der Waals surface area contributed by atoms with E-state index < -0.39 is 12.1 Å². The Balaban J connectivity index is 1.45. The fourth-order valence-corrected chi connectivity index (χ4v) is 4.34. The molecule has 0 spiro atoms. The molecule has 2 aliphatic heterocycles. The molecule has 4 rings (SSSR count). The Hall–Kier alpha value is -3.17. The summed E-state index contributed by atoms with van der Waals surface area (Å²) in [5.74, 6) is 0.140. The molecule has 0 saturated carbocycles. The minimum Gasteiger partial charge on any atom is -0.487 e. The standard InChI is InChI=1S/C24H28FN3O5/c1-2-9-26-22(30)12-17-11-19-18-10-16(7-8-20(18)33-23(19)21(13-29)32-17)28-24(31)27-15-5-3-14(25)4-6-15/h3-8,10,17,19,21,23,29H,2,9,11-13H2,1H3,(H,26,30)(H2,27,28,31)/t17-,19-,21+,23+/m1/s1. The average Bonchev–Trinajstić information content (AvgIpc) is 3.16. The third-order valence-corrected chi connectivity index (χ3v) is 5.84. The number of fused-ring (bicyclic) bond motifs is 3. The number of aliphatic hydroxyl groups is 1. The molecule has 0 bridgehead atoms. The van der Waals surface area contributed by atoms with Gasteiger partial charge in [0.25, 0.3) is 0 Å². The third kappa shape index (κ3) is 5.43. The Morgan fingerprint density at radius 2 is 1.85 bits per heavy atom. The van der Waals surface area contributed by atoms with Gasteiger partial charge in [0, 0.05) is 29.4 Å². The van der Waals surface area contributed by atoms with E-state index in [4.69, 9.17) is 9.47 Å². The number of hydrogen-bond donors (Lipinski definition) is 4. The van der Waals surface area contributed by atoms with Crippen LogP contribution < -0.4 is 20.7 Å². The van der Waals surface area contributed by atoms with Crippen molar-refractivity contribution >= 4 is 23.3 Å². The Morgan fingerprint density at radius 1 is 1.12 bits per heavy atom. The van der Waals surface area contributed by atoms with Crippen LogP contribution in [-0.2, 0) is 9.53 Å². The van der Waals surface area contributed by atoms with Crippen molar-refractivity contribution in [3.63, 3.8) is 0 Å². The summed E-state index contributed by atoms with van der Waals surface area (Å²) in [7, 11) is 0. The fraction of sp³-hybridized carbons (Fsp3) is 0.417. The Labute approximate surface area is 191 Å². The zero-order valence-electron chi connectivity index (χ0n) is 18.3. The zero-order chi connectivity index (χ0) is 23.4. The maximum Gasteiger partial charge on any atom is 0.323 e. The van der Waals surface area contributed by atoms with Crippen LogP contribution in [0.2, 0.25) is 0 Å². The number of halogens is 1. The number of carbonyl (C=O) groups is 2. The lowest BCUT2D eigenvalue weighted by molar-refractivity contribution is -0.142. The lowest BCUT2D eigenvalue weighted by Gasteiger charge is -2.37. The van der Waals surface area contributed by atoms with Crippen LogP contribution in [0.15, 0.2) is 42.5 Å². The third-order valence-electron chi connectivity index (χ3n) is 5.84. The largest absolute Gasteiger partial charge is 0.487 e. The van der Waals surface area contributed by atoms with Gasteiger partial charge < -0.3 is 30.5 Å². The van der Waals surface area contributed by atoms with Crippen LogP contribution in [0.5, 0.6) is 5.75 Å². The molecule has 2 aromatic rings. The van der Waals surface area contributed by atoms with E-state index in [0.29, 0.717) is 30.1 Å². The van der Waals surface area contributed by atoms with Gasteiger partial charge in [-0.15, -0.1) is 0 Å². The summed E-state index contributed by atoms with van der Waals surface area (Å²) in [6.45, 7) is 2.39. The molecule has 33 heavy (non-hydrogen) atoms. The second-order valence-electron chi connectivity index (χ2n) is 8.30. The summed E-state index contributed by atoms with van der Waals surface area (Å²) in [5.41, 5.74) is 1.94. The Morgan fingerprint density at radius 3 is 2.58 bits per heavy atom. The lowest BCUT2D eigenvalue weighted by atomic mass is 9.84. The molecule has 1 saturated heterocycles. The molecular weight excluding hydrogens is 429 g/mol. The quantitative estimate of drug-likeness (QED) is 0.510. The molecule has 3 amide bonds. The molecule has 8 nitrogen and oxygen atoms in total. The number of nitrogens with one attached hydrogen (secondary N) is 3. The van der Waals surface area contributed by atoms with Crippen molar-refractivity contribution in [1.82, 2.24) is 5.32 Å². The summed E-state index contributed by atoms with van der Waals surface area (Å²) in [5, 5.41) is 18.1. The summed E-state index contributed by atoms with van der Waals surface area (Å²) in [6.07, 6.45) is 0.397. The molecule has 0 radical (unpaired) electrons. The van der Waals surface area contributed by atoms with E-state index >= 15 is 0 Å². The molecule has 0 unspecified atom stereocenters. The van der Waals surface area contributed by atoms with Crippen LogP contribution in [0.1, 0.15) is 37.7 Å². The minimum atomic E-state index is -0.543. The molecule has 4 N–H and O–H groups in total. The normalized spacial score (nSPS) is 23.1. The van der Waals surface area contributed by atoms with Gasteiger partial charge in [0.2, 0.25) is 5.91 Å². The van der Waals surface area contributed by atoms with Crippen molar-refractivity contribution in [1.29, 1.82) is 0 Å². The van der Waals surface area contributed by atoms with Crippen LogP contribution in [0.4, 0.5) is 20.6 Å². The summed E-state index contributed by atoms with van der Waals surface area (Å²) >= 11 is 0. The lowest BCUT2D eigenvalue weighted by Crippen LogP contribution is -2.47. The number of rotatable bonds is 7. The number of urea groups is 1. The van der Waals surface area contributed by atoms with E-state index in [2.05, 4.69) is 16.0 Å². The highest BCUT2D eigenvalue weighted by atomic mass is 19.1. The van der Waals surface area contributed by atoms with Gasteiger partial charge in [-0.3, -0.25) is 4.79 Å². The molecule has 2 heterocycles. The zero-order valence-corrected chi connectivity index (χ0v) is 18.3. The van der Waals surface area contributed by atoms with Crippen molar-refractivity contribution in [2.45, 2.75) is 50.4 Å². The second-order valence-corrected chi connectivity index (χ2v) is 8.30. The van der Waals surface area contributed by atoms with Crippen LogP contribution >= 0.6 is 0 Å². The van der Waals surface area contributed by atoms with Crippen molar-refractivity contribution in [2.75, 3.05) is 23.8 Å². The summed E-state index contributed by atoms with van der Waals surface area (Å²) in [4.78, 5) is 24.5. The highest BCUT2D eigenvalue weighted by molar-refractivity contribution is 5.99. The number of benzene rings is 2. The van der Waals surface area contributed by atoms with E-state index in [0.717, 1.165) is 12.0 Å². The predicted octanol–water partition coefficient (Wildman–Crippen LogP) is 3.38. The first-order valence-corrected chi connectivity index (χ1v) is 11.1. The van der Waals surface area contributed by atoms with E-state index in [1.807, 2.05) is 13.0 Å². The fourth-order valence-electron chi connectivity index (χ4n) is 4.34. The maximum absolute atomic E-state index is 13.1. The van der Waals surface area contributed by atoms with Crippen LogP contribution in [0.25, 0.3) is 0 Å². The summed E-state index contributed by atoms with van der Waals surface area (Å²) < 4.78 is 25.1. The van der Waals surface area contributed by atoms with Gasteiger partial charge >= 0.3 is 6.03 Å². The molecule has 9 heteroatoms. The van der Waals surface area contributed by atoms with Crippen LogP contribution in [-0.4, -0.2) is 48.5 Å². The summed E-state index contributed by atoms with van der Waals surface area (Å²) in [6, 6.07) is 10.4. The van der Waals surface area contributed by atoms with E-state index in [9.17, 15) is 19.1 Å². The molecule has 4 atom stereocenters. The van der Waals surface area contributed by atoms with Crippen molar-refractivity contribution in [3.05, 3.63) is 53.8 Å². The highest BCUT2D eigenvalue weighted by Crippen LogP contribution is 2.47. The first kappa shape index (κ1) is 23.0. The number of amides is 3. The maximum atomic E-state index is 13.1. The van der Waals surface area contributed by atoms with Crippen molar-refractivity contribution in [3.8, 4) is 5.75 Å². The molecular formula is C24H28FN3O5. The van der Waals surface area contributed by atoms with E-state index in [1.54, 1.807) is 12.1 Å². The molecule has 0 aliphatic carbocycles. The Kier molecular flexibility index (Phi) is 7.10. The van der Waals surface area contributed by atoms with Gasteiger partial charge in [0.05, 0.1) is 19.1 Å². The predicted molar refractivity (Wildman–Crippen MR) is 121 cm³/mol. The van der Waals surface area contributed by atoms with Crippen molar-refractivity contribution in [2.24, 2.45) is 0 Å². The van der Waals surface area contributed by atoms with Gasteiger partial charge in [-0.05, 0) is 55.3 Å². The smallest absolute Gasteiger partial charge is 0.323 e. The van der Waals surface area contributed by atoms with Gasteiger partial charge in [0.1, 0.15) is 23.8 Å². The molecule has 2 aromatic carbocycles. The minimum absolute atomic E-state index is 0.0724. The SMILES string of the molecule is CCCNC(=O)C[C@H]1C[C@@H]2c3cc(NC(=O)Nc4ccc(F)cc4)ccc3O[C@@H]2[C@H](CO)O1. The Bertz CT molecular complexity index is 1000. The molecule has 2 aliphatic rings. The van der Waals surface area contributed by atoms with Gasteiger partial charge in [-0.1, -0.05) is 6.92 Å².